The fraction of sp³-hybridized carbons (Fsp3) is 0. The number of anilines is 3. The molecule has 0 saturated heterocycles. The molecule has 0 radical (unpaired) electrons. The van der Waals surface area contributed by atoms with Gasteiger partial charge in [0.2, 0.25) is 0 Å². The average molecular weight is 704 g/mol. The number of nitrogens with zero attached hydrogens (tertiary/aromatic N) is 1. The van der Waals surface area contributed by atoms with Gasteiger partial charge in [-0.3, -0.25) is 0 Å². The molecule has 0 aliphatic heterocycles. The van der Waals surface area contributed by atoms with Crippen LogP contribution in [-0.2, 0) is 0 Å². The molecule has 0 amide bonds. The van der Waals surface area contributed by atoms with Crippen molar-refractivity contribution in [1.29, 1.82) is 0 Å². The van der Waals surface area contributed by atoms with Crippen molar-refractivity contribution < 1.29 is 0 Å². The smallest absolute Gasteiger partial charge is 0.0540 e. The van der Waals surface area contributed by atoms with E-state index in [1.54, 1.807) is 0 Å². The van der Waals surface area contributed by atoms with Crippen molar-refractivity contribution in [1.82, 2.24) is 0 Å². The third-order valence-electron chi connectivity index (χ3n) is 11.0. The van der Waals surface area contributed by atoms with Crippen LogP contribution < -0.4 is 4.90 Å². The molecule has 0 fully saturated rings. The fourth-order valence-corrected chi connectivity index (χ4v) is 9.48. The van der Waals surface area contributed by atoms with Gasteiger partial charge in [-0.2, -0.15) is 0 Å². The summed E-state index contributed by atoms with van der Waals surface area (Å²) >= 11 is 1.87. The molecule has 2 heteroatoms. The van der Waals surface area contributed by atoms with Gasteiger partial charge in [0, 0.05) is 37.1 Å². The van der Waals surface area contributed by atoms with E-state index in [1.807, 2.05) is 11.3 Å². The van der Waals surface area contributed by atoms with Crippen LogP contribution in [0.3, 0.4) is 0 Å². The maximum atomic E-state index is 2.42. The van der Waals surface area contributed by atoms with E-state index in [2.05, 4.69) is 205 Å². The first kappa shape index (κ1) is 30.8. The summed E-state index contributed by atoms with van der Waals surface area (Å²) in [6.45, 7) is 0. The lowest BCUT2D eigenvalue weighted by atomic mass is 9.94. The van der Waals surface area contributed by atoms with Crippen molar-refractivity contribution in [3.8, 4) is 22.3 Å². The number of thiophene rings is 1. The van der Waals surface area contributed by atoms with Crippen LogP contribution in [0.25, 0.3) is 85.5 Å². The molecule has 11 rings (SSSR count). The lowest BCUT2D eigenvalue weighted by Crippen LogP contribution is -2.11. The Morgan fingerprint density at radius 1 is 0.315 bits per heavy atom. The first-order valence-electron chi connectivity index (χ1n) is 18.5. The summed E-state index contributed by atoms with van der Waals surface area (Å²) in [5.74, 6) is 0. The second-order valence-corrected chi connectivity index (χ2v) is 15.2. The van der Waals surface area contributed by atoms with Gasteiger partial charge in [0.05, 0.1) is 5.69 Å². The van der Waals surface area contributed by atoms with Gasteiger partial charge in [-0.1, -0.05) is 146 Å². The average Bonchev–Trinajstić information content (AvgIpc) is 3.59. The Labute approximate surface area is 317 Å². The number of rotatable bonds is 5. The molecule has 0 unspecified atom stereocenters. The van der Waals surface area contributed by atoms with Crippen LogP contribution in [0.15, 0.2) is 200 Å². The van der Waals surface area contributed by atoms with E-state index in [-0.39, 0.29) is 0 Å². The standard InChI is InChI=1S/C52H33NS/c1-2-10-35(11-3-1)44-15-8-9-17-49(44)53(43-27-29-50-48(33-43)47-31-38-13-4-5-14-39(38)32-51(47)54-50)42-25-22-34(23-26-42)40-24-28-46-41(30-40)21-20-37-19-18-36-12-6-7-16-45(36)52(37)46/h1-33H. The Balaban J connectivity index is 1.05. The summed E-state index contributed by atoms with van der Waals surface area (Å²) in [6.07, 6.45) is 0. The Morgan fingerprint density at radius 3 is 1.80 bits per heavy atom. The van der Waals surface area contributed by atoms with E-state index in [1.165, 1.54) is 85.5 Å². The first-order valence-corrected chi connectivity index (χ1v) is 19.3. The van der Waals surface area contributed by atoms with Crippen molar-refractivity contribution in [2.45, 2.75) is 0 Å². The number of hydrogen-bond donors (Lipinski definition) is 0. The molecule has 54 heavy (non-hydrogen) atoms. The second-order valence-electron chi connectivity index (χ2n) is 14.1. The van der Waals surface area contributed by atoms with Gasteiger partial charge < -0.3 is 4.90 Å². The van der Waals surface area contributed by atoms with E-state index in [9.17, 15) is 0 Å². The van der Waals surface area contributed by atoms with Crippen LogP contribution >= 0.6 is 11.3 Å². The minimum Gasteiger partial charge on any atom is -0.310 e. The van der Waals surface area contributed by atoms with Gasteiger partial charge in [-0.15, -0.1) is 11.3 Å². The van der Waals surface area contributed by atoms with Crippen molar-refractivity contribution >= 4 is 91.7 Å². The number of para-hydroxylation sites is 1. The van der Waals surface area contributed by atoms with Crippen LogP contribution in [-0.4, -0.2) is 0 Å². The van der Waals surface area contributed by atoms with Gasteiger partial charge in [0.15, 0.2) is 0 Å². The molecule has 0 saturated carbocycles. The summed E-state index contributed by atoms with van der Waals surface area (Å²) < 4.78 is 2.62. The Bertz CT molecular complexity index is 3210. The van der Waals surface area contributed by atoms with Gasteiger partial charge in [-0.05, 0) is 114 Å². The van der Waals surface area contributed by atoms with Gasteiger partial charge in [0.25, 0.3) is 0 Å². The van der Waals surface area contributed by atoms with Crippen LogP contribution in [0.5, 0.6) is 0 Å². The van der Waals surface area contributed by atoms with Crippen LogP contribution in [0.4, 0.5) is 17.1 Å². The maximum Gasteiger partial charge on any atom is 0.0540 e. The largest absolute Gasteiger partial charge is 0.310 e. The summed E-state index contributed by atoms with van der Waals surface area (Å²) in [6, 6.07) is 73.5. The maximum absolute atomic E-state index is 2.42. The van der Waals surface area contributed by atoms with Gasteiger partial charge >= 0.3 is 0 Å². The van der Waals surface area contributed by atoms with Crippen LogP contribution in [0, 0.1) is 0 Å². The summed E-state index contributed by atoms with van der Waals surface area (Å²) in [5.41, 5.74) is 8.19. The molecular formula is C52H33NS. The highest BCUT2D eigenvalue weighted by atomic mass is 32.1. The molecule has 0 bridgehead atoms. The highest BCUT2D eigenvalue weighted by Crippen LogP contribution is 2.45. The predicted octanol–water partition coefficient (Wildman–Crippen LogP) is 15.5. The lowest BCUT2D eigenvalue weighted by molar-refractivity contribution is 1.29. The summed E-state index contributed by atoms with van der Waals surface area (Å²) in [5, 5.41) is 12.9. The molecule has 1 heterocycles. The van der Waals surface area contributed by atoms with Crippen LogP contribution in [0.1, 0.15) is 0 Å². The zero-order valence-electron chi connectivity index (χ0n) is 29.4. The predicted molar refractivity (Wildman–Crippen MR) is 235 cm³/mol. The minimum absolute atomic E-state index is 1.12. The molecule has 11 aromatic rings. The fourth-order valence-electron chi connectivity index (χ4n) is 8.37. The molecule has 1 nitrogen and oxygen atoms in total. The monoisotopic (exact) mass is 703 g/mol. The Kier molecular flexibility index (Phi) is 7.11. The molecule has 0 aliphatic rings. The van der Waals surface area contributed by atoms with E-state index in [0.29, 0.717) is 0 Å². The minimum atomic E-state index is 1.12. The van der Waals surface area contributed by atoms with E-state index in [4.69, 9.17) is 0 Å². The molecule has 10 aromatic carbocycles. The topological polar surface area (TPSA) is 3.24 Å². The van der Waals surface area contributed by atoms with E-state index in [0.717, 1.165) is 17.1 Å². The van der Waals surface area contributed by atoms with Crippen molar-refractivity contribution in [3.05, 3.63) is 200 Å². The van der Waals surface area contributed by atoms with Crippen LogP contribution in [0.2, 0.25) is 0 Å². The van der Waals surface area contributed by atoms with Crippen molar-refractivity contribution in [2.75, 3.05) is 4.90 Å². The van der Waals surface area contributed by atoms with Crippen molar-refractivity contribution in [2.24, 2.45) is 0 Å². The normalized spacial score (nSPS) is 11.7. The van der Waals surface area contributed by atoms with E-state index < -0.39 is 0 Å². The van der Waals surface area contributed by atoms with Gasteiger partial charge in [0.1, 0.15) is 0 Å². The number of hydrogen-bond acceptors (Lipinski definition) is 2. The quantitative estimate of drug-likeness (QED) is 0.161. The highest BCUT2D eigenvalue weighted by Gasteiger charge is 2.19. The zero-order chi connectivity index (χ0) is 35.6. The molecule has 0 aliphatic carbocycles. The SMILES string of the molecule is c1ccc(-c2ccccc2N(c2ccc(-c3ccc4c(ccc5ccc6ccccc6c54)c3)cc2)c2ccc3sc4cc5ccccc5cc4c3c2)cc1. The number of benzene rings is 10. The van der Waals surface area contributed by atoms with Crippen molar-refractivity contribution in [3.63, 3.8) is 0 Å². The molecule has 0 spiro atoms. The molecule has 0 N–H and O–H groups in total. The zero-order valence-corrected chi connectivity index (χ0v) is 30.2. The van der Waals surface area contributed by atoms with Gasteiger partial charge in [-0.25, -0.2) is 0 Å². The third kappa shape index (κ3) is 5.07. The highest BCUT2D eigenvalue weighted by molar-refractivity contribution is 7.25. The number of fused-ring (bicyclic) bond motifs is 9. The molecule has 252 valence electrons. The Hall–Kier alpha value is -6.74. The second kappa shape index (κ2) is 12.4. The lowest BCUT2D eigenvalue weighted by Gasteiger charge is -2.28. The Morgan fingerprint density at radius 2 is 0.944 bits per heavy atom. The summed E-state index contributed by atoms with van der Waals surface area (Å²) in [7, 11) is 0. The van der Waals surface area contributed by atoms with E-state index >= 15 is 0 Å². The third-order valence-corrected chi connectivity index (χ3v) is 12.1. The molecule has 0 atom stereocenters. The first-order chi connectivity index (χ1) is 26.7. The summed E-state index contributed by atoms with van der Waals surface area (Å²) in [4.78, 5) is 2.42. The molecule has 1 aromatic heterocycles. The molecular weight excluding hydrogens is 671 g/mol.